The van der Waals surface area contributed by atoms with Crippen LogP contribution < -0.4 is 16.0 Å². The molecule has 0 spiro atoms. The van der Waals surface area contributed by atoms with E-state index in [-0.39, 0.29) is 22.9 Å². The number of nitrogens with zero attached hydrogens (tertiary/aromatic N) is 1. The van der Waals surface area contributed by atoms with Crippen LogP contribution >= 0.6 is 24.0 Å². The summed E-state index contributed by atoms with van der Waals surface area (Å²) in [6, 6.07) is 9.04. The summed E-state index contributed by atoms with van der Waals surface area (Å²) in [5, 5.41) is 0.894. The maximum atomic E-state index is 13.0. The first-order valence-electron chi connectivity index (χ1n) is 14.5. The Kier molecular flexibility index (Phi) is 11.1. The molecular formula is C29H42N2O8S2Si. The molecule has 1 aromatic carbocycles. The number of nitrogens with one attached hydrogen (secondary N) is 1. The number of benzene rings is 1. The van der Waals surface area contributed by atoms with Crippen molar-refractivity contribution >= 4 is 37.8 Å². The molecule has 2 aliphatic rings. The molecule has 2 aliphatic heterocycles. The van der Waals surface area contributed by atoms with Crippen molar-refractivity contribution in [2.24, 2.45) is 0 Å². The molecule has 0 saturated carbocycles. The molecule has 0 amide bonds. The Labute approximate surface area is 257 Å². The molecule has 42 heavy (non-hydrogen) atoms. The van der Waals surface area contributed by atoms with Gasteiger partial charge >= 0.3 is 19.5 Å². The van der Waals surface area contributed by atoms with E-state index in [4.69, 9.17) is 40.3 Å². The normalized spacial score (nSPS) is 27.4. The lowest BCUT2D eigenvalue weighted by molar-refractivity contribution is -0.242. The molecule has 0 aliphatic carbocycles. The summed E-state index contributed by atoms with van der Waals surface area (Å²) >= 11 is 7.45. The van der Waals surface area contributed by atoms with Crippen molar-refractivity contribution < 1.29 is 28.1 Å². The van der Waals surface area contributed by atoms with Crippen molar-refractivity contribution in [3.8, 4) is 5.75 Å². The van der Waals surface area contributed by atoms with Crippen LogP contribution in [0.5, 0.6) is 5.75 Å². The third-order valence-corrected chi connectivity index (χ3v) is 13.3. The van der Waals surface area contributed by atoms with Crippen LogP contribution in [0.15, 0.2) is 46.1 Å². The lowest BCUT2D eigenvalue weighted by Crippen LogP contribution is -2.53. The zero-order chi connectivity index (χ0) is 30.6. The fourth-order valence-electron chi connectivity index (χ4n) is 5.47. The van der Waals surface area contributed by atoms with Gasteiger partial charge in [-0.05, 0) is 42.7 Å². The predicted molar refractivity (Wildman–Crippen MR) is 168 cm³/mol. The predicted octanol–water partition coefficient (Wildman–Crippen LogP) is 5.39. The average molecular weight is 639 g/mol. The molecule has 0 radical (unpaired) electrons. The third kappa shape index (κ3) is 7.55. The molecule has 10 nitrogen and oxygen atoms in total. The maximum absolute atomic E-state index is 13.0. The largest absolute Gasteiger partial charge is 0.446 e. The highest BCUT2D eigenvalue weighted by Gasteiger charge is 2.59. The summed E-state index contributed by atoms with van der Waals surface area (Å²) in [4.78, 5) is 33.3. The number of thioether (sulfide) groups is 1. The van der Waals surface area contributed by atoms with Crippen LogP contribution in [-0.4, -0.2) is 58.8 Å². The summed E-state index contributed by atoms with van der Waals surface area (Å²) in [5.74, 6) is 0.507. The molecule has 0 bridgehead atoms. The quantitative estimate of drug-likeness (QED) is 0.207. The first-order chi connectivity index (χ1) is 19.9. The molecule has 232 valence electrons. The Hall–Kier alpha value is -2.00. The molecule has 3 heterocycles. The number of H-pyrrole nitrogens is 1. The van der Waals surface area contributed by atoms with Gasteiger partial charge in [0.25, 0.3) is 5.56 Å². The van der Waals surface area contributed by atoms with Gasteiger partial charge < -0.3 is 18.6 Å². The van der Waals surface area contributed by atoms with Crippen LogP contribution in [0.4, 0.5) is 0 Å². The van der Waals surface area contributed by atoms with Gasteiger partial charge in [0.2, 0.25) is 0 Å². The number of aromatic nitrogens is 2. The minimum absolute atomic E-state index is 0.0320. The van der Waals surface area contributed by atoms with E-state index in [1.165, 1.54) is 10.8 Å². The van der Waals surface area contributed by atoms with E-state index in [2.05, 4.69) is 46.5 Å². The highest BCUT2D eigenvalue weighted by atomic mass is 32.2. The molecule has 4 rings (SSSR count). The smallest absolute Gasteiger partial charge is 0.381 e. The van der Waals surface area contributed by atoms with Gasteiger partial charge in [-0.15, -0.1) is 0 Å². The number of aromatic amines is 1. The first-order valence-corrected chi connectivity index (χ1v) is 17.8. The number of aryl methyl sites for hydroxylation is 1. The number of thiocarbonyl (C=S) groups is 1. The van der Waals surface area contributed by atoms with Crippen LogP contribution in [0.1, 0.15) is 66.2 Å². The van der Waals surface area contributed by atoms with Crippen LogP contribution in [0, 0.1) is 6.92 Å². The third-order valence-electron chi connectivity index (χ3n) is 7.63. The first kappa shape index (κ1) is 32.9. The summed E-state index contributed by atoms with van der Waals surface area (Å²) < 4.78 is 32.9. The van der Waals surface area contributed by atoms with Gasteiger partial charge in [0.05, 0.1) is 0 Å². The Balaban J connectivity index is 1.66. The van der Waals surface area contributed by atoms with E-state index in [0.717, 1.165) is 12.8 Å². The molecule has 2 aromatic rings. The Morgan fingerprint density at radius 1 is 1.14 bits per heavy atom. The van der Waals surface area contributed by atoms with Crippen LogP contribution in [-0.2, 0) is 23.4 Å². The maximum Gasteiger partial charge on any atom is 0.381 e. The van der Waals surface area contributed by atoms with Crippen LogP contribution in [0.2, 0.25) is 11.1 Å². The van der Waals surface area contributed by atoms with Crippen LogP contribution in [0.3, 0.4) is 0 Å². The zero-order valence-electron chi connectivity index (χ0n) is 25.2. The van der Waals surface area contributed by atoms with E-state index in [0.29, 0.717) is 21.8 Å². The van der Waals surface area contributed by atoms with Crippen molar-refractivity contribution in [1.82, 2.24) is 9.55 Å². The summed E-state index contributed by atoms with van der Waals surface area (Å²) in [7, 11) is -3.06. The van der Waals surface area contributed by atoms with Gasteiger partial charge in [-0.2, -0.15) is 11.8 Å². The minimum Gasteiger partial charge on any atom is -0.446 e. The number of hydrogen-bond acceptors (Lipinski definition) is 10. The van der Waals surface area contributed by atoms with Crippen molar-refractivity contribution in [1.29, 1.82) is 0 Å². The van der Waals surface area contributed by atoms with E-state index in [1.54, 1.807) is 19.1 Å². The van der Waals surface area contributed by atoms with Gasteiger partial charge in [-0.25, -0.2) is 9.68 Å². The molecule has 1 aromatic heterocycles. The van der Waals surface area contributed by atoms with Gasteiger partial charge in [-0.3, -0.25) is 18.9 Å². The summed E-state index contributed by atoms with van der Waals surface area (Å²) in [6.45, 7) is 14.7. The molecule has 3 unspecified atom stereocenters. The second-order valence-electron chi connectivity index (χ2n) is 11.6. The fourth-order valence-corrected chi connectivity index (χ4v) is 10.5. The van der Waals surface area contributed by atoms with Crippen molar-refractivity contribution in [3.05, 3.63) is 62.9 Å². The van der Waals surface area contributed by atoms with E-state index in [9.17, 15) is 9.59 Å². The van der Waals surface area contributed by atoms with Crippen molar-refractivity contribution in [2.75, 3.05) is 6.61 Å². The van der Waals surface area contributed by atoms with E-state index < -0.39 is 44.3 Å². The highest BCUT2D eigenvalue weighted by Crippen LogP contribution is 2.45. The summed E-state index contributed by atoms with van der Waals surface area (Å²) in [5.41, 5.74) is -0.645. The van der Waals surface area contributed by atoms with Crippen molar-refractivity contribution in [3.63, 3.8) is 0 Å². The number of fused-ring (bicyclic) bond motifs is 1. The topological polar surface area (TPSA) is 110 Å². The van der Waals surface area contributed by atoms with E-state index in [1.807, 2.05) is 30.0 Å². The SMILES string of the molecule is Cc1cn([C@@H]2O[C@H]3COO[Si](C(C)C)(C(C)CCC(C)SC(C)C)O[C@@H]3[C@H]2OC(=S)Oc2ccccc2)c(=O)[nH]c1=O. The minimum atomic E-state index is -3.06. The number of para-hydroxylation sites is 1. The molecule has 7 atom stereocenters. The lowest BCUT2D eigenvalue weighted by Gasteiger charge is -2.39. The Morgan fingerprint density at radius 3 is 2.52 bits per heavy atom. The second kappa shape index (κ2) is 14.2. The molecule has 2 saturated heterocycles. The van der Waals surface area contributed by atoms with E-state index >= 15 is 0 Å². The monoisotopic (exact) mass is 638 g/mol. The average Bonchev–Trinajstić information content (AvgIpc) is 3.11. The Bertz CT molecular complexity index is 1320. The fraction of sp³-hybridized carbons (Fsp3) is 0.621. The van der Waals surface area contributed by atoms with Gasteiger partial charge in [0.15, 0.2) is 12.3 Å². The second-order valence-corrected chi connectivity index (χ2v) is 17.9. The summed E-state index contributed by atoms with van der Waals surface area (Å²) in [6.07, 6.45) is 0.173. The van der Waals surface area contributed by atoms with Gasteiger partial charge in [-0.1, -0.05) is 59.7 Å². The van der Waals surface area contributed by atoms with Gasteiger partial charge in [0, 0.05) is 34.8 Å². The molecule has 2 fully saturated rings. The lowest BCUT2D eigenvalue weighted by atomic mass is 10.1. The Morgan fingerprint density at radius 2 is 1.86 bits per heavy atom. The van der Waals surface area contributed by atoms with Crippen LogP contribution in [0.25, 0.3) is 0 Å². The number of rotatable bonds is 10. The molecule has 1 N–H and O–H groups in total. The standard InChI is InChI=1S/C29H42N2O8S2Si/c1-17(2)41-20(6)13-14-21(7)42(18(3)4)38-24-23(16-34-39-42)36-27(31-15-19(5)26(32)30-28(31)33)25(24)37-29(40)35-22-11-9-8-10-12-22/h8-12,15,17-18,20-21,23-25,27H,13-14,16H2,1-7H3,(H,30,32,33)/t20?,21?,23-,24-,25+,27+,42?/m0/s1. The van der Waals surface area contributed by atoms with Gasteiger partial charge in [0.1, 0.15) is 24.6 Å². The highest BCUT2D eigenvalue weighted by molar-refractivity contribution is 8.00. The van der Waals surface area contributed by atoms with Crippen molar-refractivity contribution in [2.45, 2.75) is 107 Å². The molecular weight excluding hydrogens is 597 g/mol. The number of ether oxygens (including phenoxy) is 3. The number of hydrogen-bond donors (Lipinski definition) is 1. The molecule has 13 heteroatoms. The zero-order valence-corrected chi connectivity index (χ0v) is 27.9.